The van der Waals surface area contributed by atoms with E-state index in [2.05, 4.69) is 22.1 Å². The van der Waals surface area contributed by atoms with Gasteiger partial charge in [0.15, 0.2) is 0 Å². The van der Waals surface area contributed by atoms with Crippen molar-refractivity contribution in [2.24, 2.45) is 11.8 Å². The van der Waals surface area contributed by atoms with Gasteiger partial charge in [0.25, 0.3) is 0 Å². The quantitative estimate of drug-likeness (QED) is 0.760. The van der Waals surface area contributed by atoms with Gasteiger partial charge in [0.2, 0.25) is 11.8 Å². The maximum absolute atomic E-state index is 13.1. The van der Waals surface area contributed by atoms with Crippen LogP contribution in [0.5, 0.6) is 0 Å². The van der Waals surface area contributed by atoms with Crippen molar-refractivity contribution in [1.29, 1.82) is 0 Å². The fraction of sp³-hybridized carbons (Fsp3) is 0.778. The summed E-state index contributed by atoms with van der Waals surface area (Å²) in [5.74, 6) is 0.0760. The number of carbonyl (C=O) groups is 2. The maximum atomic E-state index is 13.1. The Balaban J connectivity index is 3.23. The van der Waals surface area contributed by atoms with Gasteiger partial charge in [-0.1, -0.05) is 6.08 Å². The Morgan fingerprint density at radius 3 is 2.35 bits per heavy atom. The van der Waals surface area contributed by atoms with Gasteiger partial charge in [-0.05, 0) is 60.0 Å². The Bertz CT molecular complexity index is 454. The molecule has 5 nitrogen and oxygen atoms in total. The zero-order valence-electron chi connectivity index (χ0n) is 15.5. The zero-order valence-corrected chi connectivity index (χ0v) is 15.5. The largest absolute Gasteiger partial charge is 0.349 e. The number of hydrogen-bond donors (Lipinski definition) is 2. The summed E-state index contributed by atoms with van der Waals surface area (Å²) in [6.07, 6.45) is 4.42. The van der Waals surface area contributed by atoms with Gasteiger partial charge in [0, 0.05) is 24.9 Å². The highest BCUT2D eigenvalue weighted by molar-refractivity contribution is 5.92. The average molecular weight is 323 g/mol. The third-order valence-corrected chi connectivity index (χ3v) is 4.38. The molecule has 0 bridgehead atoms. The second kappa shape index (κ2) is 7.47. The molecule has 0 aliphatic heterocycles. The van der Waals surface area contributed by atoms with Gasteiger partial charge >= 0.3 is 0 Å². The second-order valence-electron chi connectivity index (χ2n) is 8.09. The van der Waals surface area contributed by atoms with Crippen molar-refractivity contribution < 1.29 is 9.59 Å². The normalized spacial score (nSPS) is 28.3. The van der Waals surface area contributed by atoms with Crippen LogP contribution in [0.4, 0.5) is 0 Å². The molecule has 0 aromatic heterocycles. The lowest BCUT2D eigenvalue weighted by Crippen LogP contribution is -2.68. The van der Waals surface area contributed by atoms with Crippen molar-refractivity contribution in [1.82, 2.24) is 15.5 Å². The summed E-state index contributed by atoms with van der Waals surface area (Å²) in [7, 11) is 4.00. The number of nitrogens with zero attached hydrogens (tertiary/aromatic N) is 1. The Labute approximate surface area is 140 Å². The Hall–Kier alpha value is -1.36. The van der Waals surface area contributed by atoms with Crippen LogP contribution in [0, 0.1) is 11.8 Å². The number of hydrogen-bond acceptors (Lipinski definition) is 3. The van der Waals surface area contributed by atoms with E-state index in [4.69, 9.17) is 0 Å². The van der Waals surface area contributed by atoms with Crippen molar-refractivity contribution >= 4 is 11.8 Å². The molecule has 132 valence electrons. The van der Waals surface area contributed by atoms with E-state index in [0.29, 0.717) is 6.42 Å². The standard InChI is InChI=1S/C18H33N3O2/c1-8-14-9-10-15(12-21(6)7)18(11-14,19-13(2)22)16(23)20-17(3,4)5/h8,14-15H,1,9-12H2,2-7H3,(H,19,22)(H,20,23)/t14-,15+,18-/m1/s1. The third kappa shape index (κ3) is 5.34. The van der Waals surface area contributed by atoms with E-state index >= 15 is 0 Å². The van der Waals surface area contributed by atoms with E-state index in [0.717, 1.165) is 19.4 Å². The Morgan fingerprint density at radius 1 is 1.30 bits per heavy atom. The van der Waals surface area contributed by atoms with Crippen LogP contribution < -0.4 is 10.6 Å². The van der Waals surface area contributed by atoms with E-state index < -0.39 is 5.54 Å². The predicted octanol–water partition coefficient (Wildman–Crippen LogP) is 1.94. The molecule has 1 fully saturated rings. The Kier molecular flexibility index (Phi) is 6.40. The lowest BCUT2D eigenvalue weighted by molar-refractivity contribution is -0.139. The number of rotatable bonds is 5. The van der Waals surface area contributed by atoms with Crippen molar-refractivity contribution in [3.05, 3.63) is 12.7 Å². The predicted molar refractivity (Wildman–Crippen MR) is 94.0 cm³/mol. The van der Waals surface area contributed by atoms with E-state index in [-0.39, 0.29) is 29.2 Å². The summed E-state index contributed by atoms with van der Waals surface area (Å²) in [5, 5.41) is 6.09. The van der Waals surface area contributed by atoms with E-state index in [1.807, 2.05) is 40.9 Å². The van der Waals surface area contributed by atoms with Gasteiger partial charge in [-0.2, -0.15) is 0 Å². The molecule has 0 aromatic rings. The molecule has 23 heavy (non-hydrogen) atoms. The summed E-state index contributed by atoms with van der Waals surface area (Å²) >= 11 is 0. The smallest absolute Gasteiger partial charge is 0.246 e. The molecule has 1 saturated carbocycles. The van der Waals surface area contributed by atoms with Crippen LogP contribution in [0.1, 0.15) is 47.0 Å². The van der Waals surface area contributed by atoms with Gasteiger partial charge in [-0.3, -0.25) is 9.59 Å². The van der Waals surface area contributed by atoms with Gasteiger partial charge in [-0.15, -0.1) is 6.58 Å². The highest BCUT2D eigenvalue weighted by Crippen LogP contribution is 2.39. The molecule has 2 N–H and O–H groups in total. The Morgan fingerprint density at radius 2 is 1.91 bits per heavy atom. The van der Waals surface area contributed by atoms with E-state index in [9.17, 15) is 9.59 Å². The van der Waals surface area contributed by atoms with E-state index in [1.54, 1.807) is 0 Å². The molecule has 0 aromatic carbocycles. The summed E-state index contributed by atoms with van der Waals surface area (Å²) in [4.78, 5) is 27.1. The van der Waals surface area contributed by atoms with Crippen molar-refractivity contribution in [3.63, 3.8) is 0 Å². The number of amides is 2. The molecule has 2 amide bonds. The van der Waals surface area contributed by atoms with Crippen LogP contribution >= 0.6 is 0 Å². The van der Waals surface area contributed by atoms with Crippen LogP contribution in [-0.2, 0) is 9.59 Å². The van der Waals surface area contributed by atoms with Crippen LogP contribution in [0.2, 0.25) is 0 Å². The molecule has 1 aliphatic rings. The molecule has 1 aliphatic carbocycles. The molecule has 0 spiro atoms. The second-order valence-corrected chi connectivity index (χ2v) is 8.09. The van der Waals surface area contributed by atoms with Crippen LogP contribution in [0.3, 0.4) is 0 Å². The van der Waals surface area contributed by atoms with E-state index in [1.165, 1.54) is 6.92 Å². The van der Waals surface area contributed by atoms with Gasteiger partial charge in [0.05, 0.1) is 0 Å². The monoisotopic (exact) mass is 323 g/mol. The molecule has 3 atom stereocenters. The minimum atomic E-state index is -0.875. The minimum absolute atomic E-state index is 0.0833. The first kappa shape index (κ1) is 19.7. The SMILES string of the molecule is C=C[C@@H]1CC[C@@H](CN(C)C)[C@@](NC(C)=O)(C(=O)NC(C)(C)C)C1. The molecule has 1 rings (SSSR count). The van der Waals surface area contributed by atoms with Gasteiger partial charge < -0.3 is 15.5 Å². The van der Waals surface area contributed by atoms with Crippen molar-refractivity contribution in [2.45, 2.75) is 58.0 Å². The van der Waals surface area contributed by atoms with Crippen LogP contribution in [0.25, 0.3) is 0 Å². The lowest BCUT2D eigenvalue weighted by atomic mass is 9.67. The number of carbonyl (C=O) groups excluding carboxylic acids is 2. The number of allylic oxidation sites excluding steroid dienone is 1. The highest BCUT2D eigenvalue weighted by Gasteiger charge is 2.50. The molecule has 0 heterocycles. The fourth-order valence-electron chi connectivity index (χ4n) is 3.49. The minimum Gasteiger partial charge on any atom is -0.349 e. The summed E-state index contributed by atoms with van der Waals surface area (Å²) in [6.45, 7) is 12.0. The van der Waals surface area contributed by atoms with Crippen molar-refractivity contribution in [3.8, 4) is 0 Å². The molecule has 5 heteroatoms. The molecular weight excluding hydrogens is 290 g/mol. The topological polar surface area (TPSA) is 61.4 Å². The summed E-state index contributed by atoms with van der Waals surface area (Å²) in [5.41, 5.74) is -1.22. The third-order valence-electron chi connectivity index (χ3n) is 4.38. The fourth-order valence-corrected chi connectivity index (χ4v) is 3.49. The maximum Gasteiger partial charge on any atom is 0.246 e. The molecular formula is C18H33N3O2. The van der Waals surface area contributed by atoms with Gasteiger partial charge in [0.1, 0.15) is 5.54 Å². The lowest BCUT2D eigenvalue weighted by Gasteiger charge is -2.47. The molecule has 0 radical (unpaired) electrons. The van der Waals surface area contributed by atoms with Crippen LogP contribution in [-0.4, -0.2) is 48.4 Å². The van der Waals surface area contributed by atoms with Gasteiger partial charge in [-0.25, -0.2) is 0 Å². The van der Waals surface area contributed by atoms with Crippen LogP contribution in [0.15, 0.2) is 12.7 Å². The first-order chi connectivity index (χ1) is 10.5. The molecule has 0 saturated heterocycles. The van der Waals surface area contributed by atoms with Crippen molar-refractivity contribution in [2.75, 3.05) is 20.6 Å². The zero-order chi connectivity index (χ0) is 17.8. The average Bonchev–Trinajstić information content (AvgIpc) is 2.37. The first-order valence-electron chi connectivity index (χ1n) is 8.39. The summed E-state index contributed by atoms with van der Waals surface area (Å²) < 4.78 is 0. The highest BCUT2D eigenvalue weighted by atomic mass is 16.2. The summed E-state index contributed by atoms with van der Waals surface area (Å²) in [6, 6.07) is 0. The number of nitrogens with one attached hydrogen (secondary N) is 2. The first-order valence-corrected chi connectivity index (χ1v) is 8.39. The molecule has 0 unspecified atom stereocenters.